The van der Waals surface area contributed by atoms with Gasteiger partial charge in [0, 0.05) is 34.9 Å². The summed E-state index contributed by atoms with van der Waals surface area (Å²) in [6.45, 7) is 7.83. The maximum Gasteiger partial charge on any atom is 0.170 e. The maximum atomic E-state index is 5.47. The van der Waals surface area contributed by atoms with Gasteiger partial charge < -0.3 is 20.4 Å². The number of methoxy groups -OCH3 is 1. The molecule has 1 heterocycles. The van der Waals surface area contributed by atoms with Crippen molar-refractivity contribution in [3.05, 3.63) is 59.8 Å². The van der Waals surface area contributed by atoms with Crippen molar-refractivity contribution in [1.82, 2.24) is 10.3 Å². The number of anilines is 1. The largest absolute Gasteiger partial charge is 0.497 e. The third-order valence-corrected chi connectivity index (χ3v) is 6.62. The highest BCUT2D eigenvalue weighted by atomic mass is 32.1. The summed E-state index contributed by atoms with van der Waals surface area (Å²) in [5.74, 6) is 2.04. The monoisotopic (exact) mass is 407 g/mol. The zero-order valence-electron chi connectivity index (χ0n) is 17.5. The zero-order chi connectivity index (χ0) is 20.6. The Bertz CT molecular complexity index is 1040. The smallest absolute Gasteiger partial charge is 0.170 e. The number of aromatic amines is 1. The van der Waals surface area contributed by atoms with Gasteiger partial charge in [0.2, 0.25) is 0 Å². The fourth-order valence-corrected chi connectivity index (χ4v) is 4.99. The Morgan fingerprint density at radius 1 is 1.17 bits per heavy atom. The Kier molecular flexibility index (Phi) is 5.26. The number of fused-ring (bicyclic) bond motifs is 1. The van der Waals surface area contributed by atoms with E-state index in [2.05, 4.69) is 60.7 Å². The molecular weight excluding hydrogens is 378 g/mol. The van der Waals surface area contributed by atoms with Crippen LogP contribution >= 0.6 is 12.2 Å². The van der Waals surface area contributed by atoms with Crippen molar-refractivity contribution in [1.29, 1.82) is 0 Å². The Hall–Kier alpha value is -2.53. The predicted molar refractivity (Wildman–Crippen MR) is 125 cm³/mol. The predicted octanol–water partition coefficient (Wildman–Crippen LogP) is 5.60. The molecule has 0 amide bonds. The maximum absolute atomic E-state index is 5.47. The molecule has 0 saturated heterocycles. The quantitative estimate of drug-likeness (QED) is 0.466. The average molecular weight is 408 g/mol. The topological polar surface area (TPSA) is 49.1 Å². The van der Waals surface area contributed by atoms with Crippen LogP contribution in [0, 0.1) is 18.3 Å². The van der Waals surface area contributed by atoms with Gasteiger partial charge in [0.25, 0.3) is 0 Å². The van der Waals surface area contributed by atoms with Gasteiger partial charge in [-0.15, -0.1) is 0 Å². The molecule has 4 nitrogen and oxygen atoms in total. The molecule has 0 spiro atoms. The van der Waals surface area contributed by atoms with E-state index >= 15 is 0 Å². The molecular formula is C24H29N3OS. The summed E-state index contributed by atoms with van der Waals surface area (Å²) in [5.41, 5.74) is 5.27. The fraction of sp³-hybridized carbons (Fsp3) is 0.375. The van der Waals surface area contributed by atoms with E-state index < -0.39 is 0 Å². The van der Waals surface area contributed by atoms with Gasteiger partial charge in [-0.2, -0.15) is 0 Å². The first kappa shape index (κ1) is 19.8. The molecule has 0 aliphatic heterocycles. The second-order valence-electron chi connectivity index (χ2n) is 8.52. The number of ether oxygens (including phenoxy) is 1. The van der Waals surface area contributed by atoms with Gasteiger partial charge in [0.1, 0.15) is 5.75 Å². The van der Waals surface area contributed by atoms with Crippen LogP contribution in [0.2, 0.25) is 0 Å². The number of hydrogen-bond acceptors (Lipinski definition) is 2. The number of benzene rings is 2. The summed E-state index contributed by atoms with van der Waals surface area (Å²) >= 11 is 5.47. The van der Waals surface area contributed by atoms with Gasteiger partial charge in [0.05, 0.1) is 7.11 Å². The standard InChI is InChI=1S/C24H29N3OS/c1-15-21(18-10-5-6-11-20(18)26-15)22-19(24(22,2)3)12-13-25-23(29)27-16-8-7-9-17(14-16)28-4/h5-11,14,19,22,26H,12-13H2,1-4H3,(H2,25,27,29). The summed E-state index contributed by atoms with van der Waals surface area (Å²) in [6.07, 6.45) is 1.09. The average Bonchev–Trinajstić information content (AvgIpc) is 3.06. The van der Waals surface area contributed by atoms with Gasteiger partial charge in [-0.25, -0.2) is 0 Å². The first-order chi connectivity index (χ1) is 13.9. The Morgan fingerprint density at radius 2 is 1.97 bits per heavy atom. The van der Waals surface area contributed by atoms with Gasteiger partial charge in [-0.3, -0.25) is 0 Å². The van der Waals surface area contributed by atoms with E-state index in [0.717, 1.165) is 24.4 Å². The van der Waals surface area contributed by atoms with Crippen LogP contribution < -0.4 is 15.4 Å². The number of rotatable bonds is 6. The number of hydrogen-bond donors (Lipinski definition) is 3. The van der Waals surface area contributed by atoms with Crippen LogP contribution in [0.3, 0.4) is 0 Å². The molecule has 1 fully saturated rings. The van der Waals surface area contributed by atoms with Crippen molar-refractivity contribution < 1.29 is 4.74 Å². The lowest BCUT2D eigenvalue weighted by molar-refractivity contribution is 0.415. The molecule has 0 bridgehead atoms. The first-order valence-electron chi connectivity index (χ1n) is 10.2. The summed E-state index contributed by atoms with van der Waals surface area (Å²) in [5, 5.41) is 8.62. The van der Waals surface area contributed by atoms with Crippen molar-refractivity contribution >= 4 is 33.9 Å². The van der Waals surface area contributed by atoms with Crippen LogP contribution in [0.1, 0.15) is 37.4 Å². The molecule has 1 aromatic heterocycles. The van der Waals surface area contributed by atoms with Crippen molar-refractivity contribution in [3.8, 4) is 5.75 Å². The molecule has 1 saturated carbocycles. The van der Waals surface area contributed by atoms with Crippen LogP contribution in [-0.4, -0.2) is 23.8 Å². The molecule has 2 atom stereocenters. The lowest BCUT2D eigenvalue weighted by Gasteiger charge is -2.11. The van der Waals surface area contributed by atoms with Crippen molar-refractivity contribution in [2.75, 3.05) is 19.0 Å². The highest BCUT2D eigenvalue weighted by molar-refractivity contribution is 7.80. The van der Waals surface area contributed by atoms with Crippen LogP contribution in [0.25, 0.3) is 10.9 Å². The number of nitrogens with one attached hydrogen (secondary N) is 3. The van der Waals surface area contributed by atoms with E-state index in [9.17, 15) is 0 Å². The Balaban J connectivity index is 1.36. The van der Waals surface area contributed by atoms with Crippen LogP contribution in [-0.2, 0) is 0 Å². The molecule has 4 rings (SSSR count). The number of thiocarbonyl (C=S) groups is 1. The molecule has 152 valence electrons. The molecule has 3 N–H and O–H groups in total. The summed E-state index contributed by atoms with van der Waals surface area (Å²) in [4.78, 5) is 3.56. The van der Waals surface area contributed by atoms with E-state index in [4.69, 9.17) is 17.0 Å². The molecule has 1 aliphatic rings. The summed E-state index contributed by atoms with van der Waals surface area (Å²) in [7, 11) is 1.67. The van der Waals surface area contributed by atoms with E-state index in [0.29, 0.717) is 22.4 Å². The molecule has 0 radical (unpaired) electrons. The SMILES string of the molecule is COc1cccc(NC(=S)NCCC2C(c3c(C)[nH]c4ccccc34)C2(C)C)c1. The van der Waals surface area contributed by atoms with E-state index in [1.54, 1.807) is 7.11 Å². The van der Waals surface area contributed by atoms with Crippen LogP contribution in [0.15, 0.2) is 48.5 Å². The lowest BCUT2D eigenvalue weighted by Crippen LogP contribution is -2.29. The highest BCUT2D eigenvalue weighted by Gasteiger charge is 2.58. The van der Waals surface area contributed by atoms with Gasteiger partial charge in [-0.1, -0.05) is 38.1 Å². The molecule has 29 heavy (non-hydrogen) atoms. The van der Waals surface area contributed by atoms with Gasteiger partial charge in [0.15, 0.2) is 5.11 Å². The van der Waals surface area contributed by atoms with E-state index in [1.165, 1.54) is 22.2 Å². The second-order valence-corrected chi connectivity index (χ2v) is 8.92. The third kappa shape index (κ3) is 3.84. The van der Waals surface area contributed by atoms with E-state index in [-0.39, 0.29) is 0 Å². The number of aryl methyl sites for hydroxylation is 1. The van der Waals surface area contributed by atoms with Crippen molar-refractivity contribution in [2.45, 2.75) is 33.1 Å². The first-order valence-corrected chi connectivity index (χ1v) is 10.6. The third-order valence-electron chi connectivity index (χ3n) is 6.37. The van der Waals surface area contributed by atoms with E-state index in [1.807, 2.05) is 24.3 Å². The minimum absolute atomic E-state index is 0.305. The normalized spacial score (nSPS) is 19.7. The minimum atomic E-state index is 0.305. The zero-order valence-corrected chi connectivity index (χ0v) is 18.3. The van der Waals surface area contributed by atoms with Crippen molar-refractivity contribution in [2.24, 2.45) is 11.3 Å². The molecule has 1 aliphatic carbocycles. The summed E-state index contributed by atoms with van der Waals surface area (Å²) < 4.78 is 5.26. The molecule has 2 unspecified atom stereocenters. The lowest BCUT2D eigenvalue weighted by atomic mass is 10.0. The highest BCUT2D eigenvalue weighted by Crippen LogP contribution is 2.67. The van der Waals surface area contributed by atoms with Gasteiger partial charge >= 0.3 is 0 Å². The van der Waals surface area contributed by atoms with Crippen molar-refractivity contribution in [3.63, 3.8) is 0 Å². The molecule has 5 heteroatoms. The number of aromatic nitrogens is 1. The molecule has 3 aromatic rings. The number of H-pyrrole nitrogens is 1. The minimum Gasteiger partial charge on any atom is -0.497 e. The second kappa shape index (κ2) is 7.71. The Morgan fingerprint density at radius 3 is 2.76 bits per heavy atom. The Labute approximate surface area is 178 Å². The molecule has 2 aromatic carbocycles. The fourth-order valence-electron chi connectivity index (χ4n) is 4.77. The van der Waals surface area contributed by atoms with Crippen LogP contribution in [0.5, 0.6) is 5.75 Å². The van der Waals surface area contributed by atoms with Gasteiger partial charge in [-0.05, 0) is 66.6 Å². The summed E-state index contributed by atoms with van der Waals surface area (Å²) in [6, 6.07) is 16.4. The van der Waals surface area contributed by atoms with Crippen LogP contribution in [0.4, 0.5) is 5.69 Å². The number of para-hydroxylation sites is 1.